The van der Waals surface area contributed by atoms with Crippen molar-refractivity contribution in [3.8, 4) is 11.5 Å². The van der Waals surface area contributed by atoms with E-state index in [-0.39, 0.29) is 11.5 Å². The molecule has 0 fully saturated rings. The van der Waals surface area contributed by atoms with Crippen molar-refractivity contribution in [3.05, 3.63) is 69.3 Å². The number of thiocarbonyl (C=S) groups is 1. The average Bonchev–Trinajstić information content (AvgIpc) is 2.63. The molecule has 2 aromatic carbocycles. The average molecular weight is 433 g/mol. The standard InChI is InChI=1S/C19H17BrN2O3S/c1-10-14(17(23)11-6-4-3-5-7-11)16(22-19(26)21-10)12-8-9-13(25-2)18(24)15(12)20/h3-9,16,24H,1-2H3,(H2,21,22,26). The third-order valence-corrected chi connectivity index (χ3v) is 5.24. The highest BCUT2D eigenvalue weighted by molar-refractivity contribution is 9.10. The van der Waals surface area contributed by atoms with Crippen LogP contribution >= 0.6 is 28.1 Å². The molecule has 1 unspecified atom stereocenters. The maximum Gasteiger partial charge on any atom is 0.193 e. The zero-order valence-electron chi connectivity index (χ0n) is 14.2. The van der Waals surface area contributed by atoms with Crippen LogP contribution < -0.4 is 15.4 Å². The SMILES string of the molecule is COc1ccc(C2NC(=S)NC(C)=C2C(=O)c2ccccc2)c(Br)c1O. The van der Waals surface area contributed by atoms with Gasteiger partial charge in [-0.1, -0.05) is 36.4 Å². The number of benzene rings is 2. The lowest BCUT2D eigenvalue weighted by molar-refractivity contribution is 0.102. The van der Waals surface area contributed by atoms with Crippen LogP contribution in [0.4, 0.5) is 0 Å². The Morgan fingerprint density at radius 2 is 1.92 bits per heavy atom. The van der Waals surface area contributed by atoms with Gasteiger partial charge < -0.3 is 20.5 Å². The Bertz CT molecular complexity index is 913. The number of carbonyl (C=O) groups excluding carboxylic acids is 1. The molecule has 26 heavy (non-hydrogen) atoms. The van der Waals surface area contributed by atoms with E-state index in [9.17, 15) is 9.90 Å². The fourth-order valence-corrected chi connectivity index (χ4v) is 3.75. The lowest BCUT2D eigenvalue weighted by Crippen LogP contribution is -2.45. The van der Waals surface area contributed by atoms with Crippen molar-refractivity contribution in [2.75, 3.05) is 7.11 Å². The van der Waals surface area contributed by atoms with Crippen LogP contribution in [0.3, 0.4) is 0 Å². The quantitative estimate of drug-likeness (QED) is 0.503. The van der Waals surface area contributed by atoms with Gasteiger partial charge in [-0.05, 0) is 46.7 Å². The lowest BCUT2D eigenvalue weighted by atomic mass is 9.89. The largest absolute Gasteiger partial charge is 0.503 e. The first-order valence-electron chi connectivity index (χ1n) is 7.87. The van der Waals surface area contributed by atoms with Gasteiger partial charge in [-0.3, -0.25) is 4.79 Å². The Hall–Kier alpha value is -2.38. The predicted molar refractivity (Wildman–Crippen MR) is 107 cm³/mol. The van der Waals surface area contributed by atoms with Crippen molar-refractivity contribution in [2.45, 2.75) is 13.0 Å². The molecule has 0 saturated heterocycles. The van der Waals surface area contributed by atoms with Crippen molar-refractivity contribution in [2.24, 2.45) is 0 Å². The van der Waals surface area contributed by atoms with Crippen LogP contribution in [0.2, 0.25) is 0 Å². The summed E-state index contributed by atoms with van der Waals surface area (Å²) < 4.78 is 5.59. The van der Waals surface area contributed by atoms with Crippen LogP contribution in [0.1, 0.15) is 28.9 Å². The number of nitrogens with one attached hydrogen (secondary N) is 2. The van der Waals surface area contributed by atoms with Crippen molar-refractivity contribution in [3.63, 3.8) is 0 Å². The second kappa shape index (κ2) is 7.47. The second-order valence-corrected chi connectivity index (χ2v) is 6.99. The van der Waals surface area contributed by atoms with Gasteiger partial charge in [0.2, 0.25) is 0 Å². The molecule has 0 aromatic heterocycles. The molecule has 7 heteroatoms. The first kappa shape index (κ1) is 18.4. The number of carbonyl (C=O) groups is 1. The third-order valence-electron chi connectivity index (χ3n) is 4.19. The Morgan fingerprint density at radius 1 is 1.23 bits per heavy atom. The monoisotopic (exact) mass is 432 g/mol. The molecule has 2 aromatic rings. The number of methoxy groups -OCH3 is 1. The summed E-state index contributed by atoms with van der Waals surface area (Å²) in [5.41, 5.74) is 2.48. The van der Waals surface area contributed by atoms with E-state index >= 15 is 0 Å². The molecule has 1 heterocycles. The van der Waals surface area contributed by atoms with Gasteiger partial charge in [0.1, 0.15) is 0 Å². The third kappa shape index (κ3) is 3.32. The smallest absolute Gasteiger partial charge is 0.193 e. The molecule has 0 radical (unpaired) electrons. The van der Waals surface area contributed by atoms with E-state index in [0.29, 0.717) is 37.7 Å². The zero-order chi connectivity index (χ0) is 18.8. The summed E-state index contributed by atoms with van der Waals surface area (Å²) in [5, 5.41) is 16.9. The van der Waals surface area contributed by atoms with E-state index in [4.69, 9.17) is 17.0 Å². The number of phenolic OH excluding ortho intramolecular Hbond substituents is 1. The highest BCUT2D eigenvalue weighted by Crippen LogP contribution is 2.42. The summed E-state index contributed by atoms with van der Waals surface area (Å²) in [7, 11) is 1.48. The fraction of sp³-hybridized carbons (Fsp3) is 0.158. The van der Waals surface area contributed by atoms with Crippen molar-refractivity contribution in [1.82, 2.24) is 10.6 Å². The molecule has 3 N–H and O–H groups in total. The number of allylic oxidation sites excluding steroid dienone is 1. The Kier molecular flexibility index (Phi) is 5.29. The molecule has 0 amide bonds. The molecule has 0 spiro atoms. The van der Waals surface area contributed by atoms with E-state index in [1.165, 1.54) is 7.11 Å². The lowest BCUT2D eigenvalue weighted by Gasteiger charge is -2.31. The van der Waals surface area contributed by atoms with Crippen LogP contribution in [-0.4, -0.2) is 23.1 Å². The highest BCUT2D eigenvalue weighted by Gasteiger charge is 2.32. The van der Waals surface area contributed by atoms with Gasteiger partial charge >= 0.3 is 0 Å². The number of ether oxygens (including phenoxy) is 1. The number of hydrogen-bond acceptors (Lipinski definition) is 4. The molecule has 3 rings (SSSR count). The number of ketones is 1. The molecular formula is C19H17BrN2O3S. The van der Waals surface area contributed by atoms with Gasteiger partial charge in [-0.15, -0.1) is 0 Å². The number of rotatable bonds is 4. The van der Waals surface area contributed by atoms with Crippen LogP contribution in [0.5, 0.6) is 11.5 Å². The number of hydrogen-bond donors (Lipinski definition) is 3. The molecule has 1 aliphatic rings. The molecule has 0 bridgehead atoms. The van der Waals surface area contributed by atoms with E-state index in [0.717, 1.165) is 0 Å². The van der Waals surface area contributed by atoms with Gasteiger partial charge in [0, 0.05) is 16.8 Å². The topological polar surface area (TPSA) is 70.6 Å². The summed E-state index contributed by atoms with van der Waals surface area (Å²) >= 11 is 8.68. The molecule has 5 nitrogen and oxygen atoms in total. The summed E-state index contributed by atoms with van der Waals surface area (Å²) in [6, 6.07) is 12.0. The maximum atomic E-state index is 13.1. The maximum absolute atomic E-state index is 13.1. The van der Waals surface area contributed by atoms with Crippen LogP contribution in [-0.2, 0) is 0 Å². The molecular weight excluding hydrogens is 416 g/mol. The van der Waals surface area contributed by atoms with Gasteiger partial charge in [0.05, 0.1) is 17.6 Å². The normalized spacial score (nSPS) is 16.7. The molecule has 0 aliphatic carbocycles. The zero-order valence-corrected chi connectivity index (χ0v) is 16.6. The minimum absolute atomic E-state index is 0.0274. The van der Waals surface area contributed by atoms with Gasteiger partial charge in [0.15, 0.2) is 22.4 Å². The Balaban J connectivity index is 2.13. The number of Topliss-reactive ketones (excluding diaryl/α,β-unsaturated/α-hetero) is 1. The fourth-order valence-electron chi connectivity index (χ4n) is 2.92. The number of phenols is 1. The van der Waals surface area contributed by atoms with Crippen LogP contribution in [0, 0.1) is 0 Å². The van der Waals surface area contributed by atoms with Gasteiger partial charge in [-0.25, -0.2) is 0 Å². The number of halogens is 1. The van der Waals surface area contributed by atoms with Crippen molar-refractivity contribution in [1.29, 1.82) is 0 Å². The second-order valence-electron chi connectivity index (χ2n) is 5.78. The summed E-state index contributed by atoms with van der Waals surface area (Å²) in [6.07, 6.45) is 0. The van der Waals surface area contributed by atoms with Crippen molar-refractivity contribution >= 4 is 39.0 Å². The minimum Gasteiger partial charge on any atom is -0.503 e. The van der Waals surface area contributed by atoms with Crippen molar-refractivity contribution < 1.29 is 14.6 Å². The Labute approximate surface area is 165 Å². The van der Waals surface area contributed by atoms with E-state index in [1.54, 1.807) is 24.3 Å². The van der Waals surface area contributed by atoms with Gasteiger partial charge in [-0.2, -0.15) is 0 Å². The first-order chi connectivity index (χ1) is 12.4. The predicted octanol–water partition coefficient (Wildman–Crippen LogP) is 3.84. The first-order valence-corrected chi connectivity index (χ1v) is 9.07. The van der Waals surface area contributed by atoms with E-state index < -0.39 is 6.04 Å². The summed E-state index contributed by atoms with van der Waals surface area (Å²) in [4.78, 5) is 13.1. The van der Waals surface area contributed by atoms with Gasteiger partial charge in [0.25, 0.3) is 0 Å². The van der Waals surface area contributed by atoms with E-state index in [1.807, 2.05) is 25.1 Å². The van der Waals surface area contributed by atoms with E-state index in [2.05, 4.69) is 26.6 Å². The van der Waals surface area contributed by atoms with Crippen LogP contribution in [0.15, 0.2) is 58.2 Å². The molecule has 1 atom stereocenters. The summed E-state index contributed by atoms with van der Waals surface area (Å²) in [5.74, 6) is 0.201. The molecule has 0 saturated carbocycles. The number of aromatic hydroxyl groups is 1. The minimum atomic E-state index is -0.511. The summed E-state index contributed by atoms with van der Waals surface area (Å²) in [6.45, 7) is 1.81. The van der Waals surface area contributed by atoms with Crippen LogP contribution in [0.25, 0.3) is 0 Å². The molecule has 1 aliphatic heterocycles. The molecule has 134 valence electrons. The Morgan fingerprint density at radius 3 is 2.58 bits per heavy atom. The highest BCUT2D eigenvalue weighted by atomic mass is 79.9.